The first-order valence-electron chi connectivity index (χ1n) is 8.86. The molecule has 1 heterocycles. The Labute approximate surface area is 162 Å². The summed E-state index contributed by atoms with van der Waals surface area (Å²) in [5.41, 5.74) is 3.38. The summed E-state index contributed by atoms with van der Waals surface area (Å²) < 4.78 is 5.21. The SMILES string of the molecule is CCOC(=O)c1c(-c2ccc(C)cc2)csc1/N=C/C1=C(O)CCCC1=O. The molecule has 0 unspecified atom stereocenters. The third-order valence-corrected chi connectivity index (χ3v) is 5.24. The Morgan fingerprint density at radius 3 is 2.70 bits per heavy atom. The van der Waals surface area contributed by atoms with Crippen LogP contribution in [0.5, 0.6) is 0 Å². The molecule has 0 bridgehead atoms. The molecule has 1 aliphatic rings. The van der Waals surface area contributed by atoms with Crippen molar-refractivity contribution in [3.05, 3.63) is 52.1 Å². The van der Waals surface area contributed by atoms with Crippen LogP contribution in [0.3, 0.4) is 0 Å². The molecule has 0 spiro atoms. The van der Waals surface area contributed by atoms with Gasteiger partial charge in [0, 0.05) is 30.0 Å². The molecule has 6 heteroatoms. The number of ketones is 1. The first kappa shape index (κ1) is 19.0. The average Bonchev–Trinajstić information content (AvgIpc) is 3.06. The van der Waals surface area contributed by atoms with Crippen molar-refractivity contribution in [1.82, 2.24) is 0 Å². The summed E-state index contributed by atoms with van der Waals surface area (Å²) in [7, 11) is 0. The van der Waals surface area contributed by atoms with E-state index in [4.69, 9.17) is 4.74 Å². The van der Waals surface area contributed by atoms with E-state index in [0.29, 0.717) is 29.8 Å². The average molecular weight is 383 g/mol. The lowest BCUT2D eigenvalue weighted by atomic mass is 9.97. The fourth-order valence-corrected chi connectivity index (χ4v) is 3.81. The molecular weight excluding hydrogens is 362 g/mol. The van der Waals surface area contributed by atoms with Crippen molar-refractivity contribution in [2.45, 2.75) is 33.1 Å². The van der Waals surface area contributed by atoms with Gasteiger partial charge in [-0.15, -0.1) is 11.3 Å². The van der Waals surface area contributed by atoms with Crippen LogP contribution in [0.1, 0.15) is 42.1 Å². The maximum atomic E-state index is 12.5. The topological polar surface area (TPSA) is 76.0 Å². The Balaban J connectivity index is 2.02. The van der Waals surface area contributed by atoms with Gasteiger partial charge in [-0.1, -0.05) is 29.8 Å². The molecule has 0 fully saturated rings. The zero-order valence-electron chi connectivity index (χ0n) is 15.3. The van der Waals surface area contributed by atoms with E-state index in [9.17, 15) is 14.7 Å². The molecule has 27 heavy (non-hydrogen) atoms. The van der Waals surface area contributed by atoms with Gasteiger partial charge in [0.25, 0.3) is 0 Å². The Hall–Kier alpha value is -2.73. The van der Waals surface area contributed by atoms with Gasteiger partial charge < -0.3 is 9.84 Å². The number of carbonyl (C=O) groups excluding carboxylic acids is 2. The fraction of sp³-hybridized carbons (Fsp3) is 0.286. The fourth-order valence-electron chi connectivity index (χ4n) is 2.91. The normalized spacial score (nSPS) is 14.8. The standard InChI is InChI=1S/C21H21NO4S/c1-3-26-21(25)19-16(14-9-7-13(2)8-10-14)12-27-20(19)22-11-15-17(23)5-4-6-18(15)24/h7-12,23H,3-6H2,1-2H3/b22-11+. The van der Waals surface area contributed by atoms with Crippen molar-refractivity contribution in [3.63, 3.8) is 0 Å². The van der Waals surface area contributed by atoms with Gasteiger partial charge in [-0.3, -0.25) is 4.79 Å². The van der Waals surface area contributed by atoms with Crippen LogP contribution in [-0.2, 0) is 9.53 Å². The van der Waals surface area contributed by atoms with Crippen molar-refractivity contribution in [2.24, 2.45) is 4.99 Å². The summed E-state index contributed by atoms with van der Waals surface area (Å²) in [5.74, 6) is -0.520. The van der Waals surface area contributed by atoms with Crippen LogP contribution in [0.4, 0.5) is 5.00 Å². The Morgan fingerprint density at radius 2 is 2.04 bits per heavy atom. The summed E-state index contributed by atoms with van der Waals surface area (Å²) in [5, 5.41) is 12.3. The van der Waals surface area contributed by atoms with Gasteiger partial charge in [0.1, 0.15) is 16.3 Å². The van der Waals surface area contributed by atoms with Crippen LogP contribution in [0, 0.1) is 6.92 Å². The highest BCUT2D eigenvalue weighted by Gasteiger charge is 2.22. The Bertz CT molecular complexity index is 922. The van der Waals surface area contributed by atoms with Gasteiger partial charge in [0.2, 0.25) is 0 Å². The summed E-state index contributed by atoms with van der Waals surface area (Å²) in [4.78, 5) is 28.9. The van der Waals surface area contributed by atoms with Gasteiger partial charge in [0.05, 0.1) is 12.2 Å². The van der Waals surface area contributed by atoms with E-state index in [1.54, 1.807) is 6.92 Å². The van der Waals surface area contributed by atoms with Crippen molar-refractivity contribution >= 4 is 34.3 Å². The van der Waals surface area contributed by atoms with Gasteiger partial charge in [-0.05, 0) is 25.8 Å². The maximum Gasteiger partial charge on any atom is 0.341 e. The molecule has 0 aliphatic heterocycles. The number of ether oxygens (including phenoxy) is 1. The second-order valence-electron chi connectivity index (χ2n) is 6.31. The number of nitrogens with zero attached hydrogens (tertiary/aromatic N) is 1. The highest BCUT2D eigenvalue weighted by atomic mass is 32.1. The molecule has 0 radical (unpaired) electrons. The first-order chi connectivity index (χ1) is 13.0. The molecular formula is C21H21NO4S. The number of thiophene rings is 1. The highest BCUT2D eigenvalue weighted by molar-refractivity contribution is 7.14. The minimum Gasteiger partial charge on any atom is -0.512 e. The number of aliphatic hydroxyl groups is 1. The van der Waals surface area contributed by atoms with Crippen molar-refractivity contribution in [3.8, 4) is 11.1 Å². The number of rotatable bonds is 5. The van der Waals surface area contributed by atoms with Gasteiger partial charge >= 0.3 is 5.97 Å². The molecule has 140 valence electrons. The number of allylic oxidation sites excluding steroid dienone is 2. The summed E-state index contributed by atoms with van der Waals surface area (Å²) >= 11 is 1.31. The quantitative estimate of drug-likeness (QED) is 0.571. The summed E-state index contributed by atoms with van der Waals surface area (Å²) in [6, 6.07) is 7.86. The predicted octanol–water partition coefficient (Wildman–Crippen LogP) is 5.17. The second kappa shape index (κ2) is 8.31. The number of aryl methyl sites for hydroxylation is 1. The number of hydrogen-bond acceptors (Lipinski definition) is 6. The van der Waals surface area contributed by atoms with Gasteiger partial charge in [-0.25, -0.2) is 9.79 Å². The first-order valence-corrected chi connectivity index (χ1v) is 9.74. The number of esters is 1. The molecule has 5 nitrogen and oxygen atoms in total. The number of hydrogen-bond donors (Lipinski definition) is 1. The van der Waals surface area contributed by atoms with Gasteiger partial charge in [0.15, 0.2) is 5.78 Å². The largest absolute Gasteiger partial charge is 0.512 e. The molecule has 0 saturated heterocycles. The van der Waals surface area contributed by atoms with E-state index < -0.39 is 5.97 Å². The van der Waals surface area contributed by atoms with Crippen LogP contribution in [0.25, 0.3) is 11.1 Å². The number of aliphatic hydroxyl groups excluding tert-OH is 1. The van der Waals surface area contributed by atoms with Crippen LogP contribution in [0.2, 0.25) is 0 Å². The number of carbonyl (C=O) groups is 2. The zero-order valence-corrected chi connectivity index (χ0v) is 16.1. The number of aliphatic imine (C=N–C) groups is 1. The van der Waals surface area contributed by atoms with E-state index in [1.165, 1.54) is 17.6 Å². The van der Waals surface area contributed by atoms with Crippen molar-refractivity contribution < 1.29 is 19.4 Å². The van der Waals surface area contributed by atoms with Crippen LogP contribution in [-0.4, -0.2) is 29.7 Å². The zero-order chi connectivity index (χ0) is 19.4. The highest BCUT2D eigenvalue weighted by Crippen LogP contribution is 2.38. The lowest BCUT2D eigenvalue weighted by Gasteiger charge is -2.11. The third kappa shape index (κ3) is 4.17. The van der Waals surface area contributed by atoms with E-state index in [2.05, 4.69) is 4.99 Å². The maximum absolute atomic E-state index is 12.5. The summed E-state index contributed by atoms with van der Waals surface area (Å²) in [6.45, 7) is 4.01. The lowest BCUT2D eigenvalue weighted by Crippen LogP contribution is -2.12. The molecule has 1 N–H and O–H groups in total. The van der Waals surface area contributed by atoms with Crippen LogP contribution >= 0.6 is 11.3 Å². The third-order valence-electron chi connectivity index (χ3n) is 4.35. The summed E-state index contributed by atoms with van der Waals surface area (Å²) in [6.07, 6.45) is 2.88. The van der Waals surface area contributed by atoms with E-state index >= 15 is 0 Å². The van der Waals surface area contributed by atoms with Crippen molar-refractivity contribution in [2.75, 3.05) is 6.61 Å². The van der Waals surface area contributed by atoms with E-state index in [1.807, 2.05) is 36.6 Å². The van der Waals surface area contributed by atoms with E-state index in [0.717, 1.165) is 16.7 Å². The Morgan fingerprint density at radius 1 is 1.30 bits per heavy atom. The van der Waals surface area contributed by atoms with Crippen LogP contribution < -0.4 is 0 Å². The number of benzene rings is 1. The predicted molar refractivity (Wildman–Crippen MR) is 107 cm³/mol. The molecule has 0 atom stereocenters. The molecule has 1 aliphatic carbocycles. The Kier molecular flexibility index (Phi) is 5.86. The molecule has 1 aromatic heterocycles. The van der Waals surface area contributed by atoms with Crippen molar-refractivity contribution in [1.29, 1.82) is 0 Å². The monoisotopic (exact) mass is 383 g/mol. The molecule has 0 amide bonds. The van der Waals surface area contributed by atoms with Gasteiger partial charge in [-0.2, -0.15) is 0 Å². The number of Topliss-reactive ketones (excluding diaryl/α,β-unsaturated/α-hetero) is 1. The minimum atomic E-state index is -0.449. The second-order valence-corrected chi connectivity index (χ2v) is 7.17. The molecule has 0 saturated carbocycles. The minimum absolute atomic E-state index is 0.0583. The molecule has 2 aromatic rings. The molecule has 3 rings (SSSR count). The van der Waals surface area contributed by atoms with Crippen LogP contribution in [0.15, 0.2) is 46.0 Å². The lowest BCUT2D eigenvalue weighted by molar-refractivity contribution is -0.115. The molecule has 1 aromatic carbocycles. The van der Waals surface area contributed by atoms with E-state index in [-0.39, 0.29) is 23.7 Å². The smallest absolute Gasteiger partial charge is 0.341 e.